The lowest BCUT2D eigenvalue weighted by molar-refractivity contribution is 0.0536. The molecule has 0 radical (unpaired) electrons. The Hall–Kier alpha value is -1.17. The first-order valence-corrected chi connectivity index (χ1v) is 6.13. The van der Waals surface area contributed by atoms with Crippen LogP contribution in [0.25, 0.3) is 0 Å². The fourth-order valence-corrected chi connectivity index (χ4v) is 2.43. The molecule has 1 aliphatic heterocycles. The molecule has 1 atom stereocenters. The summed E-state index contributed by atoms with van der Waals surface area (Å²) in [6.07, 6.45) is 1.87. The minimum atomic E-state index is -0.359. The summed E-state index contributed by atoms with van der Waals surface area (Å²) < 4.78 is 23.9. The van der Waals surface area contributed by atoms with Gasteiger partial charge in [0.2, 0.25) is 0 Å². The molecule has 100 valence electrons. The van der Waals surface area contributed by atoms with Crippen molar-refractivity contribution in [2.45, 2.75) is 18.9 Å². The van der Waals surface area contributed by atoms with Crippen LogP contribution < -0.4 is 16.0 Å². The molecule has 2 rings (SSSR count). The number of hydrogen-bond donors (Lipinski definition) is 2. The topological polar surface area (TPSA) is 56.5 Å². The van der Waals surface area contributed by atoms with Gasteiger partial charge >= 0.3 is 0 Å². The first-order chi connectivity index (χ1) is 8.76. The third-order valence-electron chi connectivity index (χ3n) is 3.45. The molecule has 1 saturated heterocycles. The molecule has 3 N–H and O–H groups in total. The predicted molar refractivity (Wildman–Crippen MR) is 66.6 cm³/mol. The van der Waals surface area contributed by atoms with Crippen LogP contribution in [0.4, 0.5) is 4.39 Å². The Bertz CT molecular complexity index is 395. The van der Waals surface area contributed by atoms with Crippen molar-refractivity contribution in [3.63, 3.8) is 0 Å². The molecular formula is C13H19FN2O2. The lowest BCUT2D eigenvalue weighted by Crippen LogP contribution is -2.36. The van der Waals surface area contributed by atoms with Gasteiger partial charge in [-0.1, -0.05) is 6.07 Å². The van der Waals surface area contributed by atoms with Crippen molar-refractivity contribution in [1.29, 1.82) is 0 Å². The highest BCUT2D eigenvalue weighted by Gasteiger charge is 2.25. The van der Waals surface area contributed by atoms with Gasteiger partial charge in [0, 0.05) is 19.3 Å². The molecule has 1 unspecified atom stereocenters. The summed E-state index contributed by atoms with van der Waals surface area (Å²) in [5.41, 5.74) is 3.64. The summed E-state index contributed by atoms with van der Waals surface area (Å²) in [6.45, 7) is 1.48. The zero-order valence-electron chi connectivity index (χ0n) is 10.5. The third kappa shape index (κ3) is 2.80. The molecule has 0 aliphatic carbocycles. The van der Waals surface area contributed by atoms with Gasteiger partial charge in [-0.25, -0.2) is 4.39 Å². The molecule has 5 heteroatoms. The van der Waals surface area contributed by atoms with Crippen molar-refractivity contribution in [3.8, 4) is 5.75 Å². The highest BCUT2D eigenvalue weighted by molar-refractivity contribution is 5.31. The van der Waals surface area contributed by atoms with E-state index in [0.29, 0.717) is 5.92 Å². The molecule has 4 nitrogen and oxygen atoms in total. The fourth-order valence-electron chi connectivity index (χ4n) is 2.43. The summed E-state index contributed by atoms with van der Waals surface area (Å²) in [5, 5.41) is 0. The van der Waals surface area contributed by atoms with Crippen molar-refractivity contribution in [2.75, 3.05) is 20.3 Å². The standard InChI is InChI=1S/C13H19FN2O2/c1-17-12-3-2-10(8-11(12)14)13(16-15)9-4-6-18-7-5-9/h2-3,8-9,13,16H,4-7,15H2,1H3. The lowest BCUT2D eigenvalue weighted by Gasteiger charge is -2.30. The highest BCUT2D eigenvalue weighted by Crippen LogP contribution is 2.31. The maximum atomic E-state index is 13.7. The molecule has 18 heavy (non-hydrogen) atoms. The average Bonchev–Trinajstić information content (AvgIpc) is 2.41. The van der Waals surface area contributed by atoms with E-state index in [1.165, 1.54) is 13.2 Å². The third-order valence-corrected chi connectivity index (χ3v) is 3.45. The van der Waals surface area contributed by atoms with Gasteiger partial charge in [0.15, 0.2) is 11.6 Å². The summed E-state index contributed by atoms with van der Waals surface area (Å²) in [5.74, 6) is 5.88. The van der Waals surface area contributed by atoms with Crippen molar-refractivity contribution in [3.05, 3.63) is 29.6 Å². The lowest BCUT2D eigenvalue weighted by atomic mass is 9.87. The number of hydrogen-bond acceptors (Lipinski definition) is 4. The van der Waals surface area contributed by atoms with Gasteiger partial charge in [0.05, 0.1) is 7.11 Å². The van der Waals surface area contributed by atoms with Crippen molar-refractivity contribution in [1.82, 2.24) is 5.43 Å². The van der Waals surface area contributed by atoms with Gasteiger partial charge in [-0.15, -0.1) is 0 Å². The largest absolute Gasteiger partial charge is 0.494 e. The van der Waals surface area contributed by atoms with E-state index in [2.05, 4.69) is 5.43 Å². The van der Waals surface area contributed by atoms with Crippen LogP contribution >= 0.6 is 0 Å². The summed E-state index contributed by atoms with van der Waals surface area (Å²) in [7, 11) is 1.45. The van der Waals surface area contributed by atoms with Crippen LogP contribution in [0.3, 0.4) is 0 Å². The van der Waals surface area contributed by atoms with E-state index in [1.54, 1.807) is 6.07 Å². The number of methoxy groups -OCH3 is 1. The smallest absolute Gasteiger partial charge is 0.165 e. The molecule has 0 bridgehead atoms. The second kappa shape index (κ2) is 6.13. The summed E-state index contributed by atoms with van der Waals surface area (Å²) in [4.78, 5) is 0. The molecule has 0 amide bonds. The number of benzene rings is 1. The maximum absolute atomic E-state index is 13.7. The average molecular weight is 254 g/mol. The maximum Gasteiger partial charge on any atom is 0.165 e. The number of hydrazine groups is 1. The minimum Gasteiger partial charge on any atom is -0.494 e. The van der Waals surface area contributed by atoms with Gasteiger partial charge in [-0.2, -0.15) is 0 Å². The van der Waals surface area contributed by atoms with Crippen LogP contribution in [-0.4, -0.2) is 20.3 Å². The van der Waals surface area contributed by atoms with Gasteiger partial charge in [-0.05, 0) is 36.5 Å². The number of nitrogens with one attached hydrogen (secondary N) is 1. The summed E-state index contributed by atoms with van der Waals surface area (Å²) >= 11 is 0. The molecule has 0 aromatic heterocycles. The minimum absolute atomic E-state index is 0.0469. The van der Waals surface area contributed by atoms with Crippen molar-refractivity contribution >= 4 is 0 Å². The number of halogens is 1. The van der Waals surface area contributed by atoms with E-state index in [9.17, 15) is 4.39 Å². The van der Waals surface area contributed by atoms with Crippen LogP contribution in [0, 0.1) is 11.7 Å². The number of nitrogens with two attached hydrogens (primary N) is 1. The van der Waals surface area contributed by atoms with Crippen molar-refractivity contribution < 1.29 is 13.9 Å². The first-order valence-electron chi connectivity index (χ1n) is 6.13. The van der Waals surface area contributed by atoms with Crippen molar-refractivity contribution in [2.24, 2.45) is 11.8 Å². The van der Waals surface area contributed by atoms with E-state index in [1.807, 2.05) is 6.07 Å². The highest BCUT2D eigenvalue weighted by atomic mass is 19.1. The van der Waals surface area contributed by atoms with E-state index in [-0.39, 0.29) is 17.6 Å². The second-order valence-corrected chi connectivity index (χ2v) is 4.49. The monoisotopic (exact) mass is 254 g/mol. The Morgan fingerprint density at radius 3 is 2.72 bits per heavy atom. The molecule has 0 spiro atoms. The number of ether oxygens (including phenoxy) is 2. The molecular weight excluding hydrogens is 235 g/mol. The molecule has 1 aliphatic rings. The predicted octanol–water partition coefficient (Wildman–Crippen LogP) is 1.77. The van der Waals surface area contributed by atoms with E-state index < -0.39 is 0 Å². The number of rotatable bonds is 4. The zero-order chi connectivity index (χ0) is 13.0. The van der Waals surface area contributed by atoms with Crippen LogP contribution in [0.5, 0.6) is 5.75 Å². The molecule has 1 aromatic rings. The van der Waals surface area contributed by atoms with E-state index >= 15 is 0 Å². The fraction of sp³-hybridized carbons (Fsp3) is 0.538. The van der Waals surface area contributed by atoms with Gasteiger partial charge in [0.1, 0.15) is 0 Å². The molecule has 1 heterocycles. The van der Waals surface area contributed by atoms with Crippen LogP contribution in [0.2, 0.25) is 0 Å². The molecule has 1 fully saturated rings. The summed E-state index contributed by atoms with van der Waals surface area (Å²) in [6, 6.07) is 4.92. The Morgan fingerprint density at radius 1 is 1.44 bits per heavy atom. The normalized spacial score (nSPS) is 18.6. The Balaban J connectivity index is 2.18. The Kier molecular flexibility index (Phi) is 4.52. The van der Waals surface area contributed by atoms with Gasteiger partial charge < -0.3 is 9.47 Å². The van der Waals surface area contributed by atoms with Crippen LogP contribution in [-0.2, 0) is 4.74 Å². The quantitative estimate of drug-likeness (QED) is 0.635. The van der Waals surface area contributed by atoms with Crippen LogP contribution in [0.15, 0.2) is 18.2 Å². The zero-order valence-corrected chi connectivity index (χ0v) is 10.5. The SMILES string of the molecule is COc1ccc(C(NN)C2CCOCC2)cc1F. The van der Waals surface area contributed by atoms with Crippen LogP contribution in [0.1, 0.15) is 24.4 Å². The Morgan fingerprint density at radius 2 is 2.17 bits per heavy atom. The second-order valence-electron chi connectivity index (χ2n) is 4.49. The first kappa shape index (κ1) is 13.3. The van der Waals surface area contributed by atoms with Gasteiger partial charge in [0.25, 0.3) is 0 Å². The Labute approximate surface area is 106 Å². The van der Waals surface area contributed by atoms with E-state index in [4.69, 9.17) is 15.3 Å². The molecule has 1 aromatic carbocycles. The van der Waals surface area contributed by atoms with Gasteiger partial charge in [-0.3, -0.25) is 11.3 Å². The molecule has 0 saturated carbocycles. The van der Waals surface area contributed by atoms with E-state index in [0.717, 1.165) is 31.6 Å².